The highest BCUT2D eigenvalue weighted by molar-refractivity contribution is 5.91. The molecule has 4 nitrogen and oxygen atoms in total. The lowest BCUT2D eigenvalue weighted by Crippen LogP contribution is -2.40. The van der Waals surface area contributed by atoms with Gasteiger partial charge in [-0.3, -0.25) is 0 Å². The van der Waals surface area contributed by atoms with Crippen LogP contribution in [0.3, 0.4) is 0 Å². The van der Waals surface area contributed by atoms with Crippen molar-refractivity contribution in [2.45, 2.75) is 45.1 Å². The Morgan fingerprint density at radius 2 is 2.00 bits per heavy atom. The van der Waals surface area contributed by atoms with Crippen LogP contribution < -0.4 is 10.1 Å². The molecule has 2 amide bonds. The van der Waals surface area contributed by atoms with Gasteiger partial charge in [0.05, 0.1) is 12.8 Å². The van der Waals surface area contributed by atoms with Crippen LogP contribution >= 0.6 is 0 Å². The molecule has 0 aliphatic heterocycles. The number of urea groups is 1. The molecule has 1 fully saturated rings. The molecule has 1 aromatic carbocycles. The van der Waals surface area contributed by atoms with Crippen LogP contribution in [0, 0.1) is 6.92 Å². The Labute approximate surface area is 121 Å². The van der Waals surface area contributed by atoms with Crippen molar-refractivity contribution >= 4 is 11.7 Å². The molecule has 0 spiro atoms. The first-order chi connectivity index (χ1) is 9.61. The van der Waals surface area contributed by atoms with Crippen molar-refractivity contribution in [1.82, 2.24) is 4.90 Å². The van der Waals surface area contributed by atoms with Gasteiger partial charge >= 0.3 is 6.03 Å². The van der Waals surface area contributed by atoms with E-state index in [0.29, 0.717) is 11.8 Å². The standard InChI is InChI=1S/C16H24N2O2/c1-12-9-10-15(20-3)14(11-12)17-16(19)18(2)13-7-5-4-6-8-13/h9-11,13H,4-8H2,1-3H3,(H,17,19). The summed E-state index contributed by atoms with van der Waals surface area (Å²) in [5.41, 5.74) is 1.83. The van der Waals surface area contributed by atoms with E-state index < -0.39 is 0 Å². The van der Waals surface area contributed by atoms with Crippen LogP contribution in [-0.4, -0.2) is 31.1 Å². The molecular formula is C16H24N2O2. The summed E-state index contributed by atoms with van der Waals surface area (Å²) < 4.78 is 5.29. The first kappa shape index (κ1) is 14.7. The fraction of sp³-hybridized carbons (Fsp3) is 0.562. The highest BCUT2D eigenvalue weighted by atomic mass is 16.5. The van der Waals surface area contributed by atoms with Crippen LogP contribution in [0.1, 0.15) is 37.7 Å². The molecular weight excluding hydrogens is 252 g/mol. The van der Waals surface area contributed by atoms with Crippen molar-refractivity contribution in [2.24, 2.45) is 0 Å². The molecule has 0 unspecified atom stereocenters. The Morgan fingerprint density at radius 3 is 2.65 bits per heavy atom. The Hall–Kier alpha value is -1.71. The number of anilines is 1. The van der Waals surface area contributed by atoms with Crippen molar-refractivity contribution in [3.05, 3.63) is 23.8 Å². The number of carbonyl (C=O) groups excluding carboxylic acids is 1. The van der Waals surface area contributed by atoms with Crippen molar-refractivity contribution < 1.29 is 9.53 Å². The number of ether oxygens (including phenoxy) is 1. The Kier molecular flexibility index (Phi) is 4.88. The molecule has 1 aliphatic rings. The summed E-state index contributed by atoms with van der Waals surface area (Å²) in [5, 5.41) is 2.96. The smallest absolute Gasteiger partial charge is 0.321 e. The number of hydrogen-bond donors (Lipinski definition) is 1. The fourth-order valence-corrected chi connectivity index (χ4v) is 2.76. The third kappa shape index (κ3) is 3.44. The summed E-state index contributed by atoms with van der Waals surface area (Å²) in [6, 6.07) is 6.09. The number of aryl methyl sites for hydroxylation is 1. The lowest BCUT2D eigenvalue weighted by molar-refractivity contribution is 0.186. The minimum Gasteiger partial charge on any atom is -0.495 e. The second kappa shape index (κ2) is 6.64. The zero-order valence-electron chi connectivity index (χ0n) is 12.6. The van der Waals surface area contributed by atoms with E-state index in [2.05, 4.69) is 5.32 Å². The largest absolute Gasteiger partial charge is 0.495 e. The number of nitrogens with zero attached hydrogens (tertiary/aromatic N) is 1. The van der Waals surface area contributed by atoms with E-state index in [1.165, 1.54) is 19.3 Å². The van der Waals surface area contributed by atoms with Gasteiger partial charge in [0.2, 0.25) is 0 Å². The molecule has 110 valence electrons. The molecule has 0 atom stereocenters. The summed E-state index contributed by atoms with van der Waals surface area (Å²) >= 11 is 0. The van der Waals surface area contributed by atoms with E-state index in [1.807, 2.05) is 37.1 Å². The number of nitrogens with one attached hydrogen (secondary N) is 1. The van der Waals surface area contributed by atoms with E-state index in [0.717, 1.165) is 24.1 Å². The lowest BCUT2D eigenvalue weighted by Gasteiger charge is -2.31. The van der Waals surface area contributed by atoms with Crippen LogP contribution in [0.5, 0.6) is 5.75 Å². The van der Waals surface area contributed by atoms with Gasteiger partial charge < -0.3 is 15.0 Å². The van der Waals surface area contributed by atoms with Crippen molar-refractivity contribution in [3.8, 4) is 5.75 Å². The Balaban J connectivity index is 2.05. The predicted octanol–water partition coefficient (Wildman–Crippen LogP) is 3.80. The number of benzene rings is 1. The van der Waals surface area contributed by atoms with E-state index in [-0.39, 0.29) is 6.03 Å². The first-order valence-corrected chi connectivity index (χ1v) is 7.30. The van der Waals surface area contributed by atoms with Gasteiger partial charge in [-0.2, -0.15) is 0 Å². The van der Waals surface area contributed by atoms with Crippen molar-refractivity contribution in [1.29, 1.82) is 0 Å². The summed E-state index contributed by atoms with van der Waals surface area (Å²) in [7, 11) is 3.50. The average Bonchev–Trinajstić information content (AvgIpc) is 2.47. The van der Waals surface area contributed by atoms with Gasteiger partial charge in [0.1, 0.15) is 5.75 Å². The molecule has 0 bridgehead atoms. The second-order valence-corrected chi connectivity index (χ2v) is 5.54. The minimum absolute atomic E-state index is 0.0548. The molecule has 20 heavy (non-hydrogen) atoms. The van der Waals surface area contributed by atoms with Gasteiger partial charge in [0, 0.05) is 13.1 Å². The molecule has 1 aliphatic carbocycles. The van der Waals surface area contributed by atoms with Crippen LogP contribution in [0.25, 0.3) is 0 Å². The maximum atomic E-state index is 12.4. The SMILES string of the molecule is COc1ccc(C)cc1NC(=O)N(C)C1CCCCC1. The molecule has 4 heteroatoms. The van der Waals surface area contributed by atoms with E-state index in [1.54, 1.807) is 7.11 Å². The highest BCUT2D eigenvalue weighted by Crippen LogP contribution is 2.27. The minimum atomic E-state index is -0.0548. The summed E-state index contributed by atoms with van der Waals surface area (Å²) in [4.78, 5) is 14.2. The normalized spacial score (nSPS) is 15.8. The summed E-state index contributed by atoms with van der Waals surface area (Å²) in [6.07, 6.45) is 5.94. The van der Waals surface area contributed by atoms with Crippen LogP contribution in [0.4, 0.5) is 10.5 Å². The third-order valence-electron chi connectivity index (χ3n) is 4.04. The molecule has 0 aromatic heterocycles. The Bertz CT molecular complexity index is 468. The zero-order valence-corrected chi connectivity index (χ0v) is 12.6. The number of hydrogen-bond acceptors (Lipinski definition) is 2. The predicted molar refractivity (Wildman–Crippen MR) is 81.4 cm³/mol. The zero-order chi connectivity index (χ0) is 14.5. The topological polar surface area (TPSA) is 41.6 Å². The average molecular weight is 276 g/mol. The Morgan fingerprint density at radius 1 is 1.30 bits per heavy atom. The van der Waals surface area contributed by atoms with E-state index in [4.69, 9.17) is 4.74 Å². The maximum Gasteiger partial charge on any atom is 0.321 e. The molecule has 0 radical (unpaired) electrons. The number of amides is 2. The molecule has 1 aromatic rings. The third-order valence-corrected chi connectivity index (χ3v) is 4.04. The summed E-state index contributed by atoms with van der Waals surface area (Å²) in [5.74, 6) is 0.695. The fourth-order valence-electron chi connectivity index (χ4n) is 2.76. The van der Waals surface area contributed by atoms with Gasteiger partial charge in [-0.1, -0.05) is 25.3 Å². The van der Waals surface area contributed by atoms with E-state index in [9.17, 15) is 4.79 Å². The van der Waals surface area contributed by atoms with Gasteiger partial charge in [0.25, 0.3) is 0 Å². The highest BCUT2D eigenvalue weighted by Gasteiger charge is 2.22. The molecule has 2 rings (SSSR count). The number of carbonyl (C=O) groups is 1. The van der Waals surface area contributed by atoms with Gasteiger partial charge in [0.15, 0.2) is 0 Å². The lowest BCUT2D eigenvalue weighted by atomic mass is 9.95. The van der Waals surface area contributed by atoms with Crippen LogP contribution in [0.15, 0.2) is 18.2 Å². The molecule has 0 heterocycles. The van der Waals surface area contributed by atoms with Gasteiger partial charge in [-0.25, -0.2) is 4.79 Å². The van der Waals surface area contributed by atoms with Gasteiger partial charge in [-0.05, 0) is 37.5 Å². The van der Waals surface area contributed by atoms with Crippen molar-refractivity contribution in [3.63, 3.8) is 0 Å². The first-order valence-electron chi connectivity index (χ1n) is 7.30. The number of rotatable bonds is 3. The molecule has 1 saturated carbocycles. The van der Waals surface area contributed by atoms with Crippen LogP contribution in [-0.2, 0) is 0 Å². The molecule has 1 N–H and O–H groups in total. The molecule has 0 saturated heterocycles. The quantitative estimate of drug-likeness (QED) is 0.912. The van der Waals surface area contributed by atoms with Crippen molar-refractivity contribution in [2.75, 3.05) is 19.5 Å². The maximum absolute atomic E-state index is 12.4. The van der Waals surface area contributed by atoms with Gasteiger partial charge in [-0.15, -0.1) is 0 Å². The monoisotopic (exact) mass is 276 g/mol. The summed E-state index contributed by atoms with van der Waals surface area (Å²) in [6.45, 7) is 2.00. The van der Waals surface area contributed by atoms with E-state index >= 15 is 0 Å². The second-order valence-electron chi connectivity index (χ2n) is 5.54. The number of methoxy groups -OCH3 is 1. The van der Waals surface area contributed by atoms with Crippen LogP contribution in [0.2, 0.25) is 0 Å².